The first-order valence-electron chi connectivity index (χ1n) is 7.73. The summed E-state index contributed by atoms with van der Waals surface area (Å²) in [6, 6.07) is 0. The quantitative estimate of drug-likeness (QED) is 0.706. The lowest BCUT2D eigenvalue weighted by atomic mass is 9.76. The molecule has 0 aromatic carbocycles. The summed E-state index contributed by atoms with van der Waals surface area (Å²) in [6.07, 6.45) is 2.16. The van der Waals surface area contributed by atoms with E-state index in [1.54, 1.807) is 11.8 Å². The number of hydrogen-bond acceptors (Lipinski definition) is 2. The lowest BCUT2D eigenvalue weighted by molar-refractivity contribution is -0.155. The number of hydrogen-bond donors (Lipinski definition) is 1. The summed E-state index contributed by atoms with van der Waals surface area (Å²) >= 11 is 0. The highest BCUT2D eigenvalue weighted by atomic mass is 16.4. The van der Waals surface area contributed by atoms with Crippen LogP contribution in [0.1, 0.15) is 60.8 Å². The molecule has 1 amide bonds. The molecule has 0 rings (SSSR count). The van der Waals surface area contributed by atoms with Crippen LogP contribution in [0.15, 0.2) is 0 Å². The third kappa shape index (κ3) is 4.80. The first kappa shape index (κ1) is 18.9. The Morgan fingerprint density at radius 3 is 1.95 bits per heavy atom. The number of carbonyl (C=O) groups is 2. The second kappa shape index (κ2) is 8.28. The molecule has 20 heavy (non-hydrogen) atoms. The molecule has 118 valence electrons. The zero-order chi connectivity index (χ0) is 15.9. The molecule has 1 N–H and O–H groups in total. The van der Waals surface area contributed by atoms with E-state index in [0.29, 0.717) is 12.5 Å². The van der Waals surface area contributed by atoms with E-state index >= 15 is 0 Å². The van der Waals surface area contributed by atoms with Gasteiger partial charge < -0.3 is 10.0 Å². The molecule has 0 saturated heterocycles. The molecule has 0 aromatic rings. The van der Waals surface area contributed by atoms with E-state index in [0.717, 1.165) is 19.4 Å². The molecule has 0 aliphatic rings. The van der Waals surface area contributed by atoms with Crippen LogP contribution in [0.4, 0.5) is 0 Å². The third-order valence-corrected chi connectivity index (χ3v) is 4.65. The summed E-state index contributed by atoms with van der Waals surface area (Å²) in [4.78, 5) is 25.7. The monoisotopic (exact) mass is 285 g/mol. The Hall–Kier alpha value is -1.06. The number of carboxylic acid groups (broad SMARTS) is 1. The van der Waals surface area contributed by atoms with Crippen LogP contribution < -0.4 is 0 Å². The molecule has 0 aliphatic carbocycles. The van der Waals surface area contributed by atoms with Gasteiger partial charge in [0.15, 0.2) is 0 Å². The Balaban J connectivity index is 4.89. The van der Waals surface area contributed by atoms with Gasteiger partial charge >= 0.3 is 5.97 Å². The maximum atomic E-state index is 12.4. The second-order valence-corrected chi connectivity index (χ2v) is 6.17. The highest BCUT2D eigenvalue weighted by Crippen LogP contribution is 2.32. The fourth-order valence-electron chi connectivity index (χ4n) is 2.22. The number of amides is 1. The van der Waals surface area contributed by atoms with Crippen molar-refractivity contribution in [1.82, 2.24) is 4.90 Å². The van der Waals surface area contributed by atoms with Crippen LogP contribution in [0, 0.1) is 17.3 Å². The van der Waals surface area contributed by atoms with Crippen molar-refractivity contribution in [3.05, 3.63) is 0 Å². The summed E-state index contributed by atoms with van der Waals surface area (Å²) in [5.41, 5.74) is -0.988. The van der Waals surface area contributed by atoms with Crippen molar-refractivity contribution in [2.75, 3.05) is 13.1 Å². The van der Waals surface area contributed by atoms with E-state index in [4.69, 9.17) is 0 Å². The summed E-state index contributed by atoms with van der Waals surface area (Å²) in [6.45, 7) is 13.0. The molecule has 1 unspecified atom stereocenters. The van der Waals surface area contributed by atoms with Gasteiger partial charge in [-0.2, -0.15) is 0 Å². The van der Waals surface area contributed by atoms with E-state index < -0.39 is 11.4 Å². The predicted molar refractivity (Wildman–Crippen MR) is 81.5 cm³/mol. The van der Waals surface area contributed by atoms with Gasteiger partial charge in [0.25, 0.3) is 0 Å². The van der Waals surface area contributed by atoms with Gasteiger partial charge in [-0.1, -0.05) is 40.5 Å². The third-order valence-electron chi connectivity index (χ3n) is 4.65. The Morgan fingerprint density at radius 1 is 1.15 bits per heavy atom. The Labute approximate surface area is 123 Å². The predicted octanol–water partition coefficient (Wildman–Crippen LogP) is 3.41. The number of carboxylic acids is 1. The summed E-state index contributed by atoms with van der Waals surface area (Å²) in [7, 11) is 0. The second-order valence-electron chi connectivity index (χ2n) is 6.17. The molecule has 4 heteroatoms. The largest absolute Gasteiger partial charge is 0.481 e. The zero-order valence-electron chi connectivity index (χ0n) is 13.9. The minimum absolute atomic E-state index is 0.0435. The van der Waals surface area contributed by atoms with Gasteiger partial charge in [-0.25, -0.2) is 0 Å². The van der Waals surface area contributed by atoms with E-state index in [1.807, 2.05) is 20.8 Å². The van der Waals surface area contributed by atoms with Gasteiger partial charge in [-0.3, -0.25) is 9.59 Å². The summed E-state index contributed by atoms with van der Waals surface area (Å²) in [5.74, 6) is -0.512. The van der Waals surface area contributed by atoms with Gasteiger partial charge in [-0.05, 0) is 25.7 Å². The average Bonchev–Trinajstić information content (AvgIpc) is 2.39. The molecule has 0 heterocycles. The fraction of sp³-hybridized carbons (Fsp3) is 0.875. The molecule has 0 aromatic heterocycles. The van der Waals surface area contributed by atoms with E-state index in [9.17, 15) is 14.7 Å². The number of rotatable bonds is 9. The molecule has 0 aliphatic heterocycles. The lowest BCUT2D eigenvalue weighted by Gasteiger charge is -2.32. The molecular weight excluding hydrogens is 254 g/mol. The molecule has 0 spiro atoms. The molecule has 0 bridgehead atoms. The van der Waals surface area contributed by atoms with Gasteiger partial charge in [0, 0.05) is 19.5 Å². The van der Waals surface area contributed by atoms with Crippen molar-refractivity contribution >= 4 is 11.9 Å². The lowest BCUT2D eigenvalue weighted by Crippen LogP contribution is -2.42. The van der Waals surface area contributed by atoms with E-state index in [-0.39, 0.29) is 18.2 Å². The van der Waals surface area contributed by atoms with Crippen molar-refractivity contribution < 1.29 is 14.7 Å². The van der Waals surface area contributed by atoms with Crippen LogP contribution in [-0.2, 0) is 9.59 Å². The maximum Gasteiger partial charge on any atom is 0.310 e. The highest BCUT2D eigenvalue weighted by Gasteiger charge is 2.39. The zero-order valence-corrected chi connectivity index (χ0v) is 13.9. The summed E-state index contributed by atoms with van der Waals surface area (Å²) in [5, 5.41) is 9.41. The first-order chi connectivity index (χ1) is 9.22. The topological polar surface area (TPSA) is 57.6 Å². The standard InChI is InChI=1S/C16H31NO3/c1-7-13(8-2)11-17(9-3)14(18)10-16(6,12(4)5)15(19)20/h12-13H,7-11H2,1-6H3,(H,19,20). The average molecular weight is 285 g/mol. The Kier molecular flexibility index (Phi) is 7.84. The molecule has 1 atom stereocenters. The SMILES string of the molecule is CCC(CC)CN(CC)C(=O)CC(C)(C(=O)O)C(C)C. The smallest absolute Gasteiger partial charge is 0.310 e. The number of nitrogens with zero attached hydrogens (tertiary/aromatic N) is 1. The van der Waals surface area contributed by atoms with Crippen LogP contribution in [0.2, 0.25) is 0 Å². The van der Waals surface area contributed by atoms with Gasteiger partial charge in [0.05, 0.1) is 5.41 Å². The summed E-state index contributed by atoms with van der Waals surface area (Å²) < 4.78 is 0. The van der Waals surface area contributed by atoms with Crippen molar-refractivity contribution in [2.24, 2.45) is 17.3 Å². The Bertz CT molecular complexity index is 324. The maximum absolute atomic E-state index is 12.4. The van der Waals surface area contributed by atoms with Crippen LogP contribution >= 0.6 is 0 Å². The number of aliphatic carboxylic acids is 1. The molecular formula is C16H31NO3. The van der Waals surface area contributed by atoms with Crippen molar-refractivity contribution in [2.45, 2.75) is 60.8 Å². The molecule has 0 saturated carbocycles. The fourth-order valence-corrected chi connectivity index (χ4v) is 2.22. The van der Waals surface area contributed by atoms with Gasteiger partial charge in [-0.15, -0.1) is 0 Å². The molecule has 4 nitrogen and oxygen atoms in total. The molecule has 0 fully saturated rings. The highest BCUT2D eigenvalue weighted by molar-refractivity contribution is 5.85. The Morgan fingerprint density at radius 2 is 1.65 bits per heavy atom. The van der Waals surface area contributed by atoms with E-state index in [2.05, 4.69) is 13.8 Å². The van der Waals surface area contributed by atoms with Crippen LogP contribution in [0.3, 0.4) is 0 Å². The van der Waals surface area contributed by atoms with Crippen molar-refractivity contribution in [1.29, 1.82) is 0 Å². The van der Waals surface area contributed by atoms with E-state index in [1.165, 1.54) is 0 Å². The minimum atomic E-state index is -0.988. The van der Waals surface area contributed by atoms with Crippen LogP contribution in [0.25, 0.3) is 0 Å². The molecule has 0 radical (unpaired) electrons. The van der Waals surface area contributed by atoms with Gasteiger partial charge in [0.1, 0.15) is 0 Å². The number of carbonyl (C=O) groups excluding carboxylic acids is 1. The van der Waals surface area contributed by atoms with Crippen LogP contribution in [-0.4, -0.2) is 35.0 Å². The normalized spacial score (nSPS) is 14.4. The van der Waals surface area contributed by atoms with Crippen LogP contribution in [0.5, 0.6) is 0 Å². The minimum Gasteiger partial charge on any atom is -0.481 e. The van der Waals surface area contributed by atoms with Gasteiger partial charge in [0.2, 0.25) is 5.91 Å². The first-order valence-corrected chi connectivity index (χ1v) is 7.73. The van der Waals surface area contributed by atoms with Crippen molar-refractivity contribution in [3.8, 4) is 0 Å². The van der Waals surface area contributed by atoms with Crippen molar-refractivity contribution in [3.63, 3.8) is 0 Å².